The van der Waals surface area contributed by atoms with Crippen LogP contribution in [-0.2, 0) is 16.0 Å². The number of fused-ring (bicyclic) bond motifs is 1. The van der Waals surface area contributed by atoms with Crippen molar-refractivity contribution in [2.75, 3.05) is 7.11 Å². The van der Waals surface area contributed by atoms with E-state index in [1.165, 1.54) is 12.7 Å². The molecule has 0 radical (unpaired) electrons. The third-order valence-corrected chi connectivity index (χ3v) is 6.90. The lowest BCUT2D eigenvalue weighted by atomic mass is 9.52. The van der Waals surface area contributed by atoms with E-state index in [0.717, 1.165) is 38.5 Å². The van der Waals surface area contributed by atoms with Crippen LogP contribution in [0, 0.1) is 17.3 Å². The highest BCUT2D eigenvalue weighted by Crippen LogP contribution is 2.56. The van der Waals surface area contributed by atoms with Gasteiger partial charge in [-0.1, -0.05) is 19.9 Å². The van der Waals surface area contributed by atoms with Crippen LogP contribution in [0.25, 0.3) is 0 Å². The number of esters is 1. The molecule has 2 aliphatic rings. The summed E-state index contributed by atoms with van der Waals surface area (Å²) >= 11 is 0. The highest BCUT2D eigenvalue weighted by Gasteiger charge is 2.54. The van der Waals surface area contributed by atoms with Gasteiger partial charge in [0.2, 0.25) is 0 Å². The number of methoxy groups -OCH3 is 1. The molecule has 4 atom stereocenters. The van der Waals surface area contributed by atoms with Crippen LogP contribution in [-0.4, -0.2) is 23.8 Å². The molecule has 0 amide bonds. The van der Waals surface area contributed by atoms with Crippen LogP contribution >= 0.6 is 0 Å². The van der Waals surface area contributed by atoms with Crippen LogP contribution in [0.5, 0.6) is 0 Å². The number of hydrogen-bond donors (Lipinski definition) is 1. The Morgan fingerprint density at radius 2 is 2.24 bits per heavy atom. The fourth-order valence-electron chi connectivity index (χ4n) is 5.12. The van der Waals surface area contributed by atoms with E-state index in [4.69, 9.17) is 9.15 Å². The molecular weight excluding hydrogens is 316 g/mol. The molecule has 1 aromatic rings. The summed E-state index contributed by atoms with van der Waals surface area (Å²) < 4.78 is 10.1. The highest BCUT2D eigenvalue weighted by molar-refractivity contribution is 5.88. The Morgan fingerprint density at radius 3 is 2.92 bits per heavy atom. The van der Waals surface area contributed by atoms with Crippen molar-refractivity contribution in [1.29, 1.82) is 0 Å². The van der Waals surface area contributed by atoms with Crippen molar-refractivity contribution in [3.8, 4) is 0 Å². The van der Waals surface area contributed by atoms with Crippen molar-refractivity contribution >= 4 is 5.97 Å². The van der Waals surface area contributed by atoms with E-state index in [2.05, 4.69) is 13.8 Å². The summed E-state index contributed by atoms with van der Waals surface area (Å²) in [5.41, 5.74) is 1.08. The minimum absolute atomic E-state index is 0.0453. The molecule has 138 valence electrons. The molecule has 1 saturated carbocycles. The minimum Gasteiger partial charge on any atom is -0.472 e. The largest absolute Gasteiger partial charge is 0.472 e. The summed E-state index contributed by atoms with van der Waals surface area (Å²) in [6.07, 6.45) is 11.4. The molecule has 1 N–H and O–H groups in total. The van der Waals surface area contributed by atoms with Gasteiger partial charge in [0, 0.05) is 12.0 Å². The molecule has 4 nitrogen and oxygen atoms in total. The number of allylic oxidation sites excluding steroid dienone is 1. The van der Waals surface area contributed by atoms with E-state index in [9.17, 15) is 9.90 Å². The standard InChI is InChI=1S/C21H30O4/c1-15-7-11-21(23)13-17(19(22)24-3)5-4-6-18(21)20(15,2)10-8-16-9-12-25-14-16/h5,9,12,14-15,18,23H,4,6-8,10-11,13H2,1-3H3. The Morgan fingerprint density at radius 1 is 1.44 bits per heavy atom. The van der Waals surface area contributed by atoms with Gasteiger partial charge in [0.05, 0.1) is 25.2 Å². The lowest BCUT2D eigenvalue weighted by Crippen LogP contribution is -2.53. The molecule has 0 bridgehead atoms. The number of aryl methyl sites for hydroxylation is 1. The lowest BCUT2D eigenvalue weighted by Gasteiger charge is -2.54. The van der Waals surface area contributed by atoms with Gasteiger partial charge in [-0.2, -0.15) is 0 Å². The van der Waals surface area contributed by atoms with Crippen LogP contribution in [0.3, 0.4) is 0 Å². The second kappa shape index (κ2) is 6.99. The topological polar surface area (TPSA) is 59.7 Å². The zero-order valence-corrected chi connectivity index (χ0v) is 15.6. The van der Waals surface area contributed by atoms with Crippen molar-refractivity contribution < 1.29 is 19.1 Å². The van der Waals surface area contributed by atoms with Gasteiger partial charge in [-0.15, -0.1) is 0 Å². The zero-order valence-electron chi connectivity index (χ0n) is 15.6. The van der Waals surface area contributed by atoms with Gasteiger partial charge in [-0.25, -0.2) is 4.79 Å². The van der Waals surface area contributed by atoms with E-state index in [0.29, 0.717) is 17.9 Å². The Hall–Kier alpha value is -1.55. The maximum absolute atomic E-state index is 12.0. The molecule has 2 aliphatic carbocycles. The highest BCUT2D eigenvalue weighted by atomic mass is 16.5. The summed E-state index contributed by atoms with van der Waals surface area (Å²) in [6.45, 7) is 4.64. The van der Waals surface area contributed by atoms with E-state index in [-0.39, 0.29) is 17.3 Å². The predicted molar refractivity (Wildman–Crippen MR) is 95.9 cm³/mol. The van der Waals surface area contributed by atoms with Crippen molar-refractivity contribution in [3.63, 3.8) is 0 Å². The maximum Gasteiger partial charge on any atom is 0.333 e. The third kappa shape index (κ3) is 3.41. The summed E-state index contributed by atoms with van der Waals surface area (Å²) in [4.78, 5) is 12.0. The molecule has 1 heterocycles. The van der Waals surface area contributed by atoms with Crippen molar-refractivity contribution in [2.45, 2.75) is 64.4 Å². The summed E-state index contributed by atoms with van der Waals surface area (Å²) in [5.74, 6) is 0.436. The first-order chi connectivity index (χ1) is 11.9. The molecule has 0 spiro atoms. The first kappa shape index (κ1) is 18.2. The average molecular weight is 346 g/mol. The maximum atomic E-state index is 12.0. The Kier molecular flexibility index (Phi) is 5.10. The van der Waals surface area contributed by atoms with Gasteiger partial charge in [-0.05, 0) is 67.4 Å². The van der Waals surface area contributed by atoms with Crippen molar-refractivity contribution in [3.05, 3.63) is 35.8 Å². The van der Waals surface area contributed by atoms with E-state index in [1.807, 2.05) is 18.4 Å². The number of carbonyl (C=O) groups excluding carboxylic acids is 1. The van der Waals surface area contributed by atoms with Crippen LogP contribution in [0.1, 0.15) is 57.9 Å². The first-order valence-corrected chi connectivity index (χ1v) is 9.40. The Labute approximate surface area is 150 Å². The molecule has 25 heavy (non-hydrogen) atoms. The predicted octanol–water partition coefficient (Wildman–Crippen LogP) is 4.28. The minimum atomic E-state index is -0.811. The lowest BCUT2D eigenvalue weighted by molar-refractivity contribution is -0.144. The molecule has 0 aromatic carbocycles. The molecule has 1 aromatic heterocycles. The number of hydrogen-bond acceptors (Lipinski definition) is 4. The number of furan rings is 1. The van der Waals surface area contributed by atoms with E-state index >= 15 is 0 Å². The van der Waals surface area contributed by atoms with Crippen molar-refractivity contribution in [1.82, 2.24) is 0 Å². The summed E-state index contributed by atoms with van der Waals surface area (Å²) in [6, 6.07) is 2.02. The van der Waals surface area contributed by atoms with Gasteiger partial charge >= 0.3 is 5.97 Å². The fourth-order valence-corrected chi connectivity index (χ4v) is 5.12. The van der Waals surface area contributed by atoms with Crippen LogP contribution in [0.2, 0.25) is 0 Å². The van der Waals surface area contributed by atoms with E-state index < -0.39 is 5.60 Å². The van der Waals surface area contributed by atoms with Gasteiger partial charge in [-0.3, -0.25) is 0 Å². The van der Waals surface area contributed by atoms with E-state index in [1.54, 1.807) is 6.26 Å². The molecule has 3 rings (SSSR count). The fraction of sp³-hybridized carbons (Fsp3) is 0.667. The second-order valence-electron chi connectivity index (χ2n) is 8.21. The van der Waals surface area contributed by atoms with Gasteiger partial charge in [0.25, 0.3) is 0 Å². The molecular formula is C21H30O4. The third-order valence-electron chi connectivity index (χ3n) is 6.90. The van der Waals surface area contributed by atoms with Crippen molar-refractivity contribution in [2.24, 2.45) is 17.3 Å². The van der Waals surface area contributed by atoms with Crippen LogP contribution in [0.15, 0.2) is 34.7 Å². The number of rotatable bonds is 4. The number of carbonyl (C=O) groups is 1. The molecule has 1 fully saturated rings. The first-order valence-electron chi connectivity index (χ1n) is 9.40. The van der Waals surface area contributed by atoms with Gasteiger partial charge in [0.1, 0.15) is 0 Å². The molecule has 0 aliphatic heterocycles. The summed E-state index contributed by atoms with van der Waals surface area (Å²) in [7, 11) is 1.41. The quantitative estimate of drug-likeness (QED) is 0.827. The molecule has 4 heteroatoms. The zero-order chi connectivity index (χ0) is 18.1. The van der Waals surface area contributed by atoms with Crippen LogP contribution < -0.4 is 0 Å². The second-order valence-corrected chi connectivity index (χ2v) is 8.21. The monoisotopic (exact) mass is 346 g/mol. The average Bonchev–Trinajstić information content (AvgIpc) is 3.05. The number of aliphatic hydroxyl groups is 1. The Bertz CT molecular complexity index is 632. The van der Waals surface area contributed by atoms with Gasteiger partial charge < -0.3 is 14.3 Å². The normalized spacial score (nSPS) is 35.4. The molecule has 4 unspecified atom stereocenters. The smallest absolute Gasteiger partial charge is 0.333 e. The number of ether oxygens (including phenoxy) is 1. The molecule has 0 saturated heterocycles. The Balaban J connectivity index is 1.83. The van der Waals surface area contributed by atoms with Crippen LogP contribution in [0.4, 0.5) is 0 Å². The van der Waals surface area contributed by atoms with Gasteiger partial charge in [0.15, 0.2) is 0 Å². The summed E-state index contributed by atoms with van der Waals surface area (Å²) in [5, 5.41) is 11.5. The SMILES string of the molecule is COC(=O)C1=CCCC2C(O)(CCC(C)C2(C)CCc2ccoc2)C1.